The van der Waals surface area contributed by atoms with Crippen LogP contribution in [0.1, 0.15) is 66.0 Å². The zero-order valence-corrected chi connectivity index (χ0v) is 40.8. The van der Waals surface area contributed by atoms with E-state index in [9.17, 15) is 17.0 Å². The molecule has 6 aromatic carbocycles. The Bertz CT molecular complexity index is 3040. The third-order valence-corrected chi connectivity index (χ3v) is 59.9. The van der Waals surface area contributed by atoms with E-state index in [0.717, 1.165) is 102 Å². The molecule has 2 unspecified atom stereocenters. The first kappa shape index (κ1) is 41.2. The average Bonchev–Trinajstić information content (AvgIpc) is 4.11. The fourth-order valence-corrected chi connectivity index (χ4v) is 38.2. The fourth-order valence-electron chi connectivity index (χ4n) is 10.5. The second-order valence-electron chi connectivity index (χ2n) is 16.9. The number of allylic oxidation sites excluding steroid dienone is 2. The van der Waals surface area contributed by atoms with Crippen molar-refractivity contribution in [1.29, 1.82) is 0 Å². The van der Waals surface area contributed by atoms with Crippen LogP contribution in [0.3, 0.4) is 0 Å². The first-order valence-corrected chi connectivity index (χ1v) is 36.8. The molecule has 2 aliphatic rings. The number of halogens is 2. The monoisotopic (exact) mass is 948 g/mol. The zero-order chi connectivity index (χ0) is 42.9. The molecule has 2 aliphatic carbocycles. The summed E-state index contributed by atoms with van der Waals surface area (Å²) in [6.45, 7) is 9.16. The molecule has 0 spiro atoms. The number of aryl methyl sites for hydroxylation is 2. The van der Waals surface area contributed by atoms with Gasteiger partial charge < -0.3 is 0 Å². The summed E-state index contributed by atoms with van der Waals surface area (Å²) >= 11 is -5.62. The minimum atomic E-state index is -5.62. The molecule has 0 N–H and O–H groups in total. The van der Waals surface area contributed by atoms with E-state index in [1.807, 2.05) is 24.7 Å². The Balaban J connectivity index is 1.32. The van der Waals surface area contributed by atoms with Crippen LogP contribution in [0.15, 0.2) is 143 Å². The van der Waals surface area contributed by atoms with Crippen molar-refractivity contribution in [3.05, 3.63) is 179 Å². The van der Waals surface area contributed by atoms with Crippen molar-refractivity contribution in [2.45, 2.75) is 47.0 Å². The molecule has 8 aromatic rings. The predicted octanol–water partition coefficient (Wildman–Crippen LogP) is 15.8. The van der Waals surface area contributed by atoms with Gasteiger partial charge in [-0.2, -0.15) is 0 Å². The summed E-state index contributed by atoms with van der Waals surface area (Å²) in [5.41, 5.74) is 12.2. The van der Waals surface area contributed by atoms with Crippen LogP contribution in [0, 0.1) is 0 Å². The average molecular weight is 951 g/mol. The molecule has 62 heavy (non-hydrogen) atoms. The SMILES string of the molecule is CCc1ccc2c(c1-c1cccc(OC)c1)C=C(c1occ3ccccc13)[CH]2[Zr]([Cl])([Cl])([CH]1C(c2occ3ccccc23)=Cc2c1ccc(CC)c2-c1cccc(OC)c1)=[Si](C)C. The van der Waals surface area contributed by atoms with Crippen LogP contribution >= 0.6 is 17.0 Å². The molecule has 0 fully saturated rings. The van der Waals surface area contributed by atoms with Crippen LogP contribution in [0.4, 0.5) is 0 Å². The van der Waals surface area contributed by atoms with Gasteiger partial charge in [-0.25, -0.2) is 0 Å². The predicted molar refractivity (Wildman–Crippen MR) is 258 cm³/mol. The van der Waals surface area contributed by atoms with Crippen molar-refractivity contribution in [2.75, 3.05) is 14.2 Å². The summed E-state index contributed by atoms with van der Waals surface area (Å²) in [4.78, 5) is 0. The summed E-state index contributed by atoms with van der Waals surface area (Å²) in [5, 5.41) is 4.19. The van der Waals surface area contributed by atoms with Gasteiger partial charge in [0.05, 0.1) is 0 Å². The van der Waals surface area contributed by atoms with E-state index in [-0.39, 0.29) is 7.25 Å². The Hall–Kier alpha value is -4.84. The number of methoxy groups -OCH3 is 2. The molecule has 4 nitrogen and oxygen atoms in total. The molecule has 8 heteroatoms. The maximum atomic E-state index is 9.18. The van der Waals surface area contributed by atoms with Gasteiger partial charge in [0, 0.05) is 0 Å². The van der Waals surface area contributed by atoms with Gasteiger partial charge in [0.1, 0.15) is 0 Å². The molecule has 310 valence electrons. The van der Waals surface area contributed by atoms with Crippen molar-refractivity contribution in [1.82, 2.24) is 0 Å². The minimum absolute atomic E-state index is 0.324. The number of fused-ring (bicyclic) bond motifs is 4. The molecule has 0 amide bonds. The van der Waals surface area contributed by atoms with Gasteiger partial charge in [-0.3, -0.25) is 0 Å². The van der Waals surface area contributed by atoms with Crippen LogP contribution in [0.25, 0.3) is 67.1 Å². The second-order valence-corrected chi connectivity index (χ2v) is 55.7. The van der Waals surface area contributed by atoms with Gasteiger partial charge in [0.25, 0.3) is 0 Å². The molecule has 0 bridgehead atoms. The molecule has 2 atom stereocenters. The molecular weight excluding hydrogens is 903 g/mol. The Morgan fingerprint density at radius 1 is 0.565 bits per heavy atom. The van der Waals surface area contributed by atoms with Crippen LogP contribution in [-0.2, 0) is 27.9 Å². The third kappa shape index (κ3) is 6.23. The molecular formula is C54H48Cl2O4SiZr. The standard InChI is InChI=1S/2C26H21O2.C2H6Si.2ClH.Zr/c2*1-3-17-11-12-18-13-21(26-23-10-5-4-7-20(23)16-28-26)15-24(18)25(17)19-8-6-9-22(14-19)27-2;1-3-2;;;/h2*4-16H,3H2,1-2H3;1-2H3;2*1H;/q;;;;;+2/p-2. The summed E-state index contributed by atoms with van der Waals surface area (Å²) in [6, 6.07) is 42.9. The number of ether oxygens (including phenoxy) is 2. The summed E-state index contributed by atoms with van der Waals surface area (Å²) in [7, 11) is 21.8. The van der Waals surface area contributed by atoms with Crippen LogP contribution in [0.2, 0.25) is 13.1 Å². The molecule has 0 saturated carbocycles. The Labute approximate surface area is 371 Å². The number of hydrogen-bond acceptors (Lipinski definition) is 4. The quantitative estimate of drug-likeness (QED) is 0.128. The summed E-state index contributed by atoms with van der Waals surface area (Å²) in [6.07, 6.45) is 10.2. The van der Waals surface area contributed by atoms with Crippen LogP contribution in [0.5, 0.6) is 11.5 Å². The molecule has 2 aromatic heterocycles. The number of rotatable bonds is 10. The van der Waals surface area contributed by atoms with Gasteiger partial charge >= 0.3 is 374 Å². The van der Waals surface area contributed by atoms with Crippen LogP contribution < -0.4 is 9.47 Å². The van der Waals surface area contributed by atoms with E-state index in [1.54, 1.807) is 14.2 Å². The van der Waals surface area contributed by atoms with Gasteiger partial charge in [0.15, 0.2) is 0 Å². The van der Waals surface area contributed by atoms with Crippen molar-refractivity contribution < 1.29 is 33.3 Å². The Morgan fingerprint density at radius 3 is 1.40 bits per heavy atom. The molecule has 0 saturated heterocycles. The van der Waals surface area contributed by atoms with E-state index >= 15 is 0 Å². The van der Waals surface area contributed by atoms with E-state index in [1.165, 1.54) is 22.3 Å². The molecule has 10 rings (SSSR count). The molecule has 2 heterocycles. The van der Waals surface area contributed by atoms with Gasteiger partial charge in [-0.1, -0.05) is 0 Å². The normalized spacial score (nSPS) is 16.0. The first-order chi connectivity index (χ1) is 30.1. The fraction of sp³-hybridized carbons (Fsp3) is 0.185. The second kappa shape index (κ2) is 15.7. The third-order valence-electron chi connectivity index (χ3n) is 13.6. The topological polar surface area (TPSA) is 44.7 Å². The van der Waals surface area contributed by atoms with Crippen molar-refractivity contribution in [2.24, 2.45) is 0 Å². The number of benzene rings is 6. The van der Waals surface area contributed by atoms with Gasteiger partial charge in [0.2, 0.25) is 0 Å². The first-order valence-electron chi connectivity index (χ1n) is 21.4. The van der Waals surface area contributed by atoms with E-state index < -0.39 is 20.4 Å². The van der Waals surface area contributed by atoms with Crippen LogP contribution in [-0.4, -0.2) is 19.7 Å². The Kier molecular flexibility index (Phi) is 10.5. The van der Waals surface area contributed by atoms with Crippen molar-refractivity contribution in [3.8, 4) is 33.8 Å². The zero-order valence-electron chi connectivity index (χ0n) is 35.8. The van der Waals surface area contributed by atoms with E-state index in [2.05, 4.69) is 148 Å². The van der Waals surface area contributed by atoms with Gasteiger partial charge in [-0.05, 0) is 0 Å². The molecule has 0 radical (unpaired) electrons. The van der Waals surface area contributed by atoms with E-state index in [0.29, 0.717) is 0 Å². The molecule has 0 aliphatic heterocycles. The summed E-state index contributed by atoms with van der Waals surface area (Å²) in [5.74, 6) is 3.27. The Morgan fingerprint density at radius 2 is 1.00 bits per heavy atom. The van der Waals surface area contributed by atoms with Crippen molar-refractivity contribution in [3.63, 3.8) is 0 Å². The van der Waals surface area contributed by atoms with E-state index in [4.69, 9.17) is 18.3 Å². The van der Waals surface area contributed by atoms with Gasteiger partial charge in [-0.15, -0.1) is 0 Å². The number of hydrogen-bond donors (Lipinski definition) is 0. The maximum absolute atomic E-state index is 9.18. The van der Waals surface area contributed by atoms with Crippen molar-refractivity contribution >= 4 is 67.3 Å². The number of furan rings is 2. The summed E-state index contributed by atoms with van der Waals surface area (Å²) < 4.78 is 24.4.